The molecule has 4 rings (SSSR count). The van der Waals surface area contributed by atoms with Gasteiger partial charge in [-0.3, -0.25) is 9.48 Å². The smallest absolute Gasteiger partial charge is 0.229 e. The highest BCUT2D eigenvalue weighted by Crippen LogP contribution is 2.22. The number of nitrogens with one attached hydrogen (secondary N) is 1. The summed E-state index contributed by atoms with van der Waals surface area (Å²) in [4.78, 5) is 14.4. The number of carbonyl (C=O) groups is 1. The fourth-order valence-corrected chi connectivity index (χ4v) is 3.54. The number of carbonyl (C=O) groups excluding carboxylic acids is 1. The Morgan fingerprint density at radius 2 is 1.87 bits per heavy atom. The zero-order valence-corrected chi connectivity index (χ0v) is 16.5. The Labute approximate surface area is 174 Å². The molecule has 152 valence electrons. The number of anilines is 2. The van der Waals surface area contributed by atoms with Crippen molar-refractivity contribution in [3.05, 3.63) is 77.5 Å². The number of hydrogen-bond donors (Lipinski definition) is 1. The minimum atomic E-state index is -0.757. The average molecular weight is 403 g/mol. The molecule has 1 atom stereocenters. The van der Waals surface area contributed by atoms with E-state index >= 15 is 0 Å². The zero-order chi connectivity index (χ0) is 20.9. The van der Waals surface area contributed by atoms with Crippen LogP contribution in [-0.4, -0.2) is 34.9 Å². The summed E-state index contributed by atoms with van der Waals surface area (Å²) in [5.74, 6) is 0.354. The Bertz CT molecular complexity index is 1050. The lowest BCUT2D eigenvalue weighted by Gasteiger charge is -2.17. The lowest BCUT2D eigenvalue weighted by atomic mass is 10.1. The van der Waals surface area contributed by atoms with Crippen molar-refractivity contribution in [3.8, 4) is 6.07 Å². The molecular formula is C23H22FN5O. The number of aromatic nitrogens is 2. The molecule has 3 aromatic rings. The van der Waals surface area contributed by atoms with Gasteiger partial charge in [-0.1, -0.05) is 24.3 Å². The van der Waals surface area contributed by atoms with Crippen molar-refractivity contribution < 1.29 is 9.18 Å². The Balaban J connectivity index is 1.30. The van der Waals surface area contributed by atoms with Gasteiger partial charge in [-0.2, -0.15) is 10.4 Å². The van der Waals surface area contributed by atoms with Crippen LogP contribution in [-0.2, 0) is 17.8 Å². The number of alkyl halides is 1. The minimum Gasteiger partial charge on any atom is -0.369 e. The molecule has 0 spiro atoms. The van der Waals surface area contributed by atoms with E-state index in [4.69, 9.17) is 5.26 Å². The maximum atomic E-state index is 13.4. The van der Waals surface area contributed by atoms with E-state index in [9.17, 15) is 9.18 Å². The highest BCUT2D eigenvalue weighted by atomic mass is 19.1. The number of hydrogen-bond acceptors (Lipinski definition) is 4. The maximum absolute atomic E-state index is 13.4. The van der Waals surface area contributed by atoms with Gasteiger partial charge in [-0.05, 0) is 41.8 Å². The van der Waals surface area contributed by atoms with Crippen LogP contribution < -0.4 is 10.2 Å². The summed E-state index contributed by atoms with van der Waals surface area (Å²) < 4.78 is 15.1. The lowest BCUT2D eigenvalue weighted by molar-refractivity contribution is -0.115. The molecule has 1 fully saturated rings. The van der Waals surface area contributed by atoms with Crippen molar-refractivity contribution in [2.45, 2.75) is 25.6 Å². The predicted octanol–water partition coefficient (Wildman–Crippen LogP) is 3.53. The normalized spacial score (nSPS) is 15.7. The standard InChI is InChI=1S/C23H22FN5O/c24-20-9-11-28(16-20)21-7-5-17(6-8-21)13-23(30)26-22-10-12-29(27-22)15-19-3-1-18(14-25)2-4-19/h1-8,10,12,20H,9,11,13,15-16H2,(H,26,27,30). The number of halogens is 1. The molecule has 1 amide bonds. The first-order valence-corrected chi connectivity index (χ1v) is 9.89. The van der Waals surface area contributed by atoms with Crippen LogP contribution in [0.25, 0.3) is 0 Å². The number of nitriles is 1. The van der Waals surface area contributed by atoms with E-state index in [0.29, 0.717) is 30.9 Å². The van der Waals surface area contributed by atoms with Crippen molar-refractivity contribution in [1.82, 2.24) is 9.78 Å². The number of nitrogens with zero attached hydrogens (tertiary/aromatic N) is 4. The fourth-order valence-electron chi connectivity index (χ4n) is 3.54. The minimum absolute atomic E-state index is 0.142. The fraction of sp³-hybridized carbons (Fsp3) is 0.261. The molecule has 1 unspecified atom stereocenters. The Kier molecular flexibility index (Phi) is 5.75. The molecule has 7 heteroatoms. The van der Waals surface area contributed by atoms with Crippen LogP contribution in [0.4, 0.5) is 15.9 Å². The molecular weight excluding hydrogens is 381 g/mol. The summed E-state index contributed by atoms with van der Waals surface area (Å²) in [6.45, 7) is 1.72. The second kappa shape index (κ2) is 8.78. The first kappa shape index (κ1) is 19.6. The van der Waals surface area contributed by atoms with Crippen LogP contribution in [0.3, 0.4) is 0 Å². The van der Waals surface area contributed by atoms with Gasteiger partial charge in [0.25, 0.3) is 0 Å². The van der Waals surface area contributed by atoms with E-state index < -0.39 is 6.17 Å². The summed E-state index contributed by atoms with van der Waals surface area (Å²) >= 11 is 0. The summed E-state index contributed by atoms with van der Waals surface area (Å²) in [5, 5.41) is 16.1. The van der Waals surface area contributed by atoms with Crippen LogP contribution in [0.1, 0.15) is 23.1 Å². The van der Waals surface area contributed by atoms with Crippen molar-refractivity contribution in [3.63, 3.8) is 0 Å². The second-order valence-electron chi connectivity index (χ2n) is 7.43. The highest BCUT2D eigenvalue weighted by Gasteiger charge is 2.21. The quantitative estimate of drug-likeness (QED) is 0.683. The van der Waals surface area contributed by atoms with Gasteiger partial charge < -0.3 is 10.2 Å². The molecule has 1 aliphatic rings. The van der Waals surface area contributed by atoms with Crippen molar-refractivity contribution in [1.29, 1.82) is 5.26 Å². The van der Waals surface area contributed by atoms with Crippen molar-refractivity contribution >= 4 is 17.4 Å². The SMILES string of the molecule is N#Cc1ccc(Cn2ccc(NC(=O)Cc3ccc(N4CCC(F)C4)cc3)n2)cc1. The number of rotatable bonds is 6. The van der Waals surface area contributed by atoms with E-state index in [1.54, 1.807) is 29.1 Å². The van der Waals surface area contributed by atoms with Gasteiger partial charge in [0, 0.05) is 31.0 Å². The molecule has 2 aromatic carbocycles. The highest BCUT2D eigenvalue weighted by molar-refractivity contribution is 5.91. The third kappa shape index (κ3) is 4.84. The van der Waals surface area contributed by atoms with Gasteiger partial charge in [-0.25, -0.2) is 4.39 Å². The summed E-state index contributed by atoms with van der Waals surface area (Å²) in [6, 6.07) is 18.9. The number of benzene rings is 2. The molecule has 0 bridgehead atoms. The summed E-state index contributed by atoms with van der Waals surface area (Å²) in [7, 11) is 0. The van der Waals surface area contributed by atoms with Gasteiger partial charge in [0.05, 0.1) is 24.6 Å². The van der Waals surface area contributed by atoms with Crippen LogP contribution in [0.15, 0.2) is 60.8 Å². The molecule has 1 aliphatic heterocycles. The third-order valence-electron chi connectivity index (χ3n) is 5.13. The van der Waals surface area contributed by atoms with Crippen molar-refractivity contribution in [2.75, 3.05) is 23.3 Å². The molecule has 1 aromatic heterocycles. The zero-order valence-electron chi connectivity index (χ0n) is 16.5. The maximum Gasteiger partial charge on any atom is 0.229 e. The van der Waals surface area contributed by atoms with Gasteiger partial charge >= 0.3 is 0 Å². The third-order valence-corrected chi connectivity index (χ3v) is 5.13. The molecule has 0 radical (unpaired) electrons. The van der Waals surface area contributed by atoms with Gasteiger partial charge in [0.2, 0.25) is 5.91 Å². The lowest BCUT2D eigenvalue weighted by Crippen LogP contribution is -2.20. The van der Waals surface area contributed by atoms with E-state index in [1.807, 2.05) is 41.3 Å². The first-order valence-electron chi connectivity index (χ1n) is 9.89. The Morgan fingerprint density at radius 3 is 2.53 bits per heavy atom. The van der Waals surface area contributed by atoms with Gasteiger partial charge in [0.15, 0.2) is 5.82 Å². The van der Waals surface area contributed by atoms with Crippen LogP contribution in [0.5, 0.6) is 0 Å². The summed E-state index contributed by atoms with van der Waals surface area (Å²) in [5.41, 5.74) is 3.52. The van der Waals surface area contributed by atoms with Crippen LogP contribution in [0.2, 0.25) is 0 Å². The largest absolute Gasteiger partial charge is 0.369 e. The predicted molar refractivity (Wildman–Crippen MR) is 113 cm³/mol. The molecule has 0 aliphatic carbocycles. The van der Waals surface area contributed by atoms with Crippen LogP contribution >= 0.6 is 0 Å². The van der Waals surface area contributed by atoms with Gasteiger partial charge in [-0.15, -0.1) is 0 Å². The van der Waals surface area contributed by atoms with E-state index in [0.717, 1.165) is 23.4 Å². The molecule has 1 N–H and O–H groups in total. The molecule has 6 nitrogen and oxygen atoms in total. The summed E-state index contributed by atoms with van der Waals surface area (Å²) in [6.07, 6.45) is 1.86. The average Bonchev–Trinajstić information content (AvgIpc) is 3.38. The Hall–Kier alpha value is -3.66. The molecule has 0 saturated carbocycles. The first-order chi connectivity index (χ1) is 14.6. The van der Waals surface area contributed by atoms with Gasteiger partial charge in [0.1, 0.15) is 6.17 Å². The van der Waals surface area contributed by atoms with Crippen molar-refractivity contribution in [2.24, 2.45) is 0 Å². The van der Waals surface area contributed by atoms with E-state index in [2.05, 4.69) is 16.5 Å². The van der Waals surface area contributed by atoms with E-state index in [-0.39, 0.29) is 12.3 Å². The van der Waals surface area contributed by atoms with Crippen LogP contribution in [0, 0.1) is 11.3 Å². The molecule has 30 heavy (non-hydrogen) atoms. The number of amides is 1. The molecule has 1 saturated heterocycles. The molecule has 2 heterocycles. The monoisotopic (exact) mass is 403 g/mol. The van der Waals surface area contributed by atoms with E-state index in [1.165, 1.54) is 0 Å². The second-order valence-corrected chi connectivity index (χ2v) is 7.43. The topological polar surface area (TPSA) is 74.0 Å². The Morgan fingerprint density at radius 1 is 1.13 bits per heavy atom.